The highest BCUT2D eigenvalue weighted by Crippen LogP contribution is 2.43. The molecule has 0 aromatic heterocycles. The van der Waals surface area contributed by atoms with E-state index in [1.807, 2.05) is 158 Å². The molecule has 0 saturated carbocycles. The minimum Gasteiger partial charge on any atom is -0.497 e. The van der Waals surface area contributed by atoms with Crippen molar-refractivity contribution >= 4 is 53.1 Å². The van der Waals surface area contributed by atoms with Crippen LogP contribution in [0.4, 0.5) is 10.5 Å². The Morgan fingerprint density at radius 1 is 0.429 bits per heavy atom. The van der Waals surface area contributed by atoms with Gasteiger partial charge in [-0.2, -0.15) is 0 Å². The molecular formula is C71H86N2O23Si2. The molecule has 5 N–H and O–H groups in total. The SMILES string of the molecule is CO[Si](O)(O)CCCN.COc1ccc(C(OCCOC(=O)CCC(=O)CCCC[Si](O)(OC)OC)(c2ccccc2)c2ccc(OC)cc2)cc1.COc1ccc(C(OCCOC(=O)CCC(=O)OC(=O)Oc2ccc([N+](=O)[O-])cc2)(c2ccccc2)c2ccc(OC)cc2)cc1. The van der Waals surface area contributed by atoms with Crippen molar-refractivity contribution in [2.24, 2.45) is 5.73 Å². The van der Waals surface area contributed by atoms with Crippen molar-refractivity contribution in [3.05, 3.63) is 225 Å². The van der Waals surface area contributed by atoms with Gasteiger partial charge >= 0.3 is 41.7 Å². The highest BCUT2D eigenvalue weighted by Gasteiger charge is 2.40. The highest BCUT2D eigenvalue weighted by molar-refractivity contribution is 6.59. The number of Topliss-reactive ketones (excluding diaryl/α,β-unsaturated/α-hetero) is 1. The van der Waals surface area contributed by atoms with Crippen molar-refractivity contribution in [2.75, 3.05) is 82.7 Å². The number of carbonyl (C=O) groups excluding carboxylic acids is 5. The fraction of sp³-hybridized carbons (Fsp3) is 0.338. The molecule has 0 amide bonds. The van der Waals surface area contributed by atoms with Crippen LogP contribution in [-0.4, -0.2) is 150 Å². The Bertz CT molecular complexity index is 3430. The third kappa shape index (κ3) is 24.7. The maximum atomic E-state index is 12.4. The van der Waals surface area contributed by atoms with E-state index in [-0.39, 0.29) is 62.9 Å². The summed E-state index contributed by atoms with van der Waals surface area (Å²) in [6.07, 6.45) is 0.0622. The first-order chi connectivity index (χ1) is 47.2. The van der Waals surface area contributed by atoms with Gasteiger partial charge in [0.1, 0.15) is 58.9 Å². The van der Waals surface area contributed by atoms with Gasteiger partial charge in [-0.05, 0) is 120 Å². The molecule has 98 heavy (non-hydrogen) atoms. The summed E-state index contributed by atoms with van der Waals surface area (Å²) in [6, 6.07) is 55.1. The first kappa shape index (κ1) is 79.5. The van der Waals surface area contributed by atoms with Crippen molar-refractivity contribution in [3.63, 3.8) is 0 Å². The molecule has 0 bridgehead atoms. The van der Waals surface area contributed by atoms with Crippen LogP contribution < -0.4 is 29.4 Å². The summed E-state index contributed by atoms with van der Waals surface area (Å²) in [5, 5.41) is 10.7. The van der Waals surface area contributed by atoms with E-state index in [0.717, 1.165) is 57.0 Å². The average molecular weight is 1390 g/mol. The van der Waals surface area contributed by atoms with E-state index in [2.05, 4.69) is 9.16 Å². The number of unbranched alkanes of at least 4 members (excludes halogenated alkanes) is 1. The maximum Gasteiger partial charge on any atom is 0.521 e. The predicted molar refractivity (Wildman–Crippen MR) is 363 cm³/mol. The van der Waals surface area contributed by atoms with E-state index in [0.29, 0.717) is 55.8 Å². The van der Waals surface area contributed by atoms with Crippen LogP contribution in [0.15, 0.2) is 182 Å². The highest BCUT2D eigenvalue weighted by atomic mass is 28.4. The van der Waals surface area contributed by atoms with Crippen molar-refractivity contribution in [1.82, 2.24) is 0 Å². The van der Waals surface area contributed by atoms with E-state index in [1.165, 1.54) is 33.5 Å². The Kier molecular flexibility index (Phi) is 33.3. The van der Waals surface area contributed by atoms with Crippen molar-refractivity contribution in [3.8, 4) is 28.7 Å². The number of non-ortho nitro benzene ring substituents is 1. The van der Waals surface area contributed by atoms with Gasteiger partial charge in [0, 0.05) is 58.4 Å². The summed E-state index contributed by atoms with van der Waals surface area (Å²) in [5.41, 5.74) is 7.92. The zero-order valence-electron chi connectivity index (χ0n) is 56.0. The summed E-state index contributed by atoms with van der Waals surface area (Å²) in [6.45, 7) is 0.463. The predicted octanol–water partition coefficient (Wildman–Crippen LogP) is 10.2. The van der Waals surface area contributed by atoms with Gasteiger partial charge in [-0.1, -0.05) is 109 Å². The summed E-state index contributed by atoms with van der Waals surface area (Å²) in [7, 11) is 4.13. The summed E-state index contributed by atoms with van der Waals surface area (Å²) < 4.78 is 69.4. The quantitative estimate of drug-likeness (QED) is 0.00324. The average Bonchev–Trinajstić information content (AvgIpc) is 0.763. The molecule has 0 saturated heterocycles. The molecule has 526 valence electrons. The molecule has 0 aliphatic rings. The molecule has 27 heteroatoms. The molecular weight excluding hydrogens is 1300 g/mol. The zero-order valence-corrected chi connectivity index (χ0v) is 58.0. The number of esters is 3. The molecule has 0 aliphatic heterocycles. The van der Waals surface area contributed by atoms with Crippen molar-refractivity contribution in [2.45, 2.75) is 74.7 Å². The zero-order chi connectivity index (χ0) is 71.4. The fourth-order valence-corrected chi connectivity index (χ4v) is 12.0. The fourth-order valence-electron chi connectivity index (χ4n) is 9.85. The maximum absolute atomic E-state index is 12.4. The van der Waals surface area contributed by atoms with Gasteiger partial charge in [-0.3, -0.25) is 29.3 Å². The third-order valence-corrected chi connectivity index (χ3v) is 19.1. The van der Waals surface area contributed by atoms with Gasteiger partial charge in [-0.25, -0.2) is 4.79 Å². The Balaban J connectivity index is 0.000000315. The second-order valence-corrected chi connectivity index (χ2v) is 26.6. The van der Waals surface area contributed by atoms with E-state index in [1.54, 1.807) is 28.4 Å². The lowest BCUT2D eigenvalue weighted by molar-refractivity contribution is -0.384. The second kappa shape index (κ2) is 41.1. The van der Waals surface area contributed by atoms with Gasteiger partial charge in [0.15, 0.2) is 0 Å². The number of rotatable bonds is 37. The molecule has 0 radical (unpaired) electrons. The number of hydrogen-bond donors (Lipinski definition) is 4. The number of nitrogens with zero attached hydrogens (tertiary/aromatic N) is 1. The number of carbonyl (C=O) groups is 5. The Labute approximate surface area is 572 Å². The van der Waals surface area contributed by atoms with Gasteiger partial charge in [-0.15, -0.1) is 0 Å². The number of nitro groups is 1. The lowest BCUT2D eigenvalue weighted by Crippen LogP contribution is -2.39. The van der Waals surface area contributed by atoms with E-state index in [4.69, 9.17) is 66.8 Å². The Morgan fingerprint density at radius 3 is 1.15 bits per heavy atom. The van der Waals surface area contributed by atoms with Crippen molar-refractivity contribution < 1.29 is 104 Å². The molecule has 0 atom stereocenters. The number of hydrogen-bond acceptors (Lipinski definition) is 24. The van der Waals surface area contributed by atoms with Crippen molar-refractivity contribution in [1.29, 1.82) is 0 Å². The van der Waals surface area contributed by atoms with Crippen LogP contribution in [0, 0.1) is 10.1 Å². The third-order valence-electron chi connectivity index (χ3n) is 15.1. The Hall–Kier alpha value is -9.24. The molecule has 7 aromatic rings. The van der Waals surface area contributed by atoms with Crippen LogP contribution in [0.1, 0.15) is 84.7 Å². The molecule has 0 heterocycles. The first-order valence-electron chi connectivity index (χ1n) is 31.2. The van der Waals surface area contributed by atoms with Gasteiger partial charge in [0.05, 0.1) is 65.8 Å². The van der Waals surface area contributed by atoms with E-state index in [9.17, 15) is 38.9 Å². The number of ether oxygens (including phenoxy) is 10. The van der Waals surface area contributed by atoms with Gasteiger partial charge in [0.2, 0.25) is 0 Å². The standard InChI is InChI=1S/C34H31NO11.C33H42O9Si.C4H13NO3Si/c1-41-28-14-8-25(9-15-28)34(24-6-4-3-5-7-24,26-10-16-29(42-2)17-11-26)44-23-22-43-31(36)20-21-32(37)46-33(38)45-30-18-12-27(13-19-30)35(39)40;1-37-30-18-13-27(14-19-30)33(26-10-6-5-7-11-26,28-15-20-31(38-2)21-16-28)42-24-23-41-32(35)22-17-29(34)12-8-9-25-43(36,39-3)40-4;1-8-9(6,7)4-2-3-5/h3-19H,20-23H2,1-2H3;5-7,10-11,13-16,18-21,36H,8-9,12,17,22-25H2,1-4H3;6-7H,2-5H2,1H3. The first-order valence-corrected chi connectivity index (χ1v) is 35.1. The van der Waals surface area contributed by atoms with E-state index < -0.39 is 64.2 Å². The normalized spacial score (nSPS) is 11.3. The summed E-state index contributed by atoms with van der Waals surface area (Å²) >= 11 is 0. The minimum absolute atomic E-state index is 0.00551. The molecule has 25 nitrogen and oxygen atoms in total. The lowest BCUT2D eigenvalue weighted by atomic mass is 9.80. The van der Waals surface area contributed by atoms with Crippen LogP contribution in [-0.2, 0) is 67.3 Å². The molecule has 7 aromatic carbocycles. The smallest absolute Gasteiger partial charge is 0.497 e. The number of methoxy groups -OCH3 is 4. The summed E-state index contributed by atoms with van der Waals surface area (Å²) in [4.78, 5) is 99.0. The number of nitrogens with two attached hydrogens (primary N) is 1. The number of ketones is 1. The number of benzene rings is 7. The van der Waals surface area contributed by atoms with Gasteiger partial charge < -0.3 is 80.8 Å². The van der Waals surface area contributed by atoms with Crippen LogP contribution >= 0.6 is 0 Å². The molecule has 0 aliphatic carbocycles. The molecule has 0 spiro atoms. The topological polar surface area (TPSA) is 335 Å². The second-order valence-electron chi connectivity index (χ2n) is 21.4. The largest absolute Gasteiger partial charge is 0.521 e. The van der Waals surface area contributed by atoms with Gasteiger partial charge in [0.25, 0.3) is 5.69 Å². The number of nitro benzene ring substituents is 1. The lowest BCUT2D eigenvalue weighted by Gasteiger charge is -2.36. The van der Waals surface area contributed by atoms with Crippen LogP contribution in [0.25, 0.3) is 0 Å². The van der Waals surface area contributed by atoms with Crippen LogP contribution in [0.2, 0.25) is 12.1 Å². The Morgan fingerprint density at radius 2 is 0.796 bits per heavy atom. The summed E-state index contributed by atoms with van der Waals surface area (Å²) in [5.74, 6) is 0.519. The molecule has 0 fully saturated rings. The van der Waals surface area contributed by atoms with Crippen LogP contribution in [0.5, 0.6) is 28.7 Å². The minimum atomic E-state index is -3.28. The molecule has 0 unspecified atom stereocenters. The monoisotopic (exact) mass is 1390 g/mol. The van der Waals surface area contributed by atoms with E-state index >= 15 is 0 Å². The molecule has 7 rings (SSSR count). The van der Waals surface area contributed by atoms with Crippen LogP contribution in [0.3, 0.4) is 0 Å².